The zero-order valence-electron chi connectivity index (χ0n) is 6.79. The van der Waals surface area contributed by atoms with Crippen LogP contribution in [-0.2, 0) is 0 Å². The van der Waals surface area contributed by atoms with E-state index in [4.69, 9.17) is 34.8 Å². The quantitative estimate of drug-likeness (QED) is 0.443. The molecule has 0 aromatic carbocycles. The minimum absolute atomic E-state index is 0.199. The van der Waals surface area contributed by atoms with Crippen molar-refractivity contribution < 1.29 is 0 Å². The van der Waals surface area contributed by atoms with Crippen LogP contribution in [0.1, 0.15) is 20.8 Å². The van der Waals surface area contributed by atoms with Crippen LogP contribution in [0.3, 0.4) is 0 Å². The molecule has 0 rings (SSSR count). The van der Waals surface area contributed by atoms with Gasteiger partial charge in [-0.1, -0.05) is 61.2 Å². The van der Waals surface area contributed by atoms with E-state index in [1.807, 2.05) is 0 Å². The highest BCUT2D eigenvalue weighted by Crippen LogP contribution is 2.21. The highest BCUT2D eigenvalue weighted by Gasteiger charge is 2.13. The van der Waals surface area contributed by atoms with Crippen molar-refractivity contribution in [3.63, 3.8) is 0 Å². The summed E-state index contributed by atoms with van der Waals surface area (Å²) in [5.41, 5.74) is 4.02. The van der Waals surface area contributed by atoms with Crippen molar-refractivity contribution in [2.45, 2.75) is 24.6 Å². The van der Waals surface area contributed by atoms with Crippen molar-refractivity contribution in [3.8, 4) is 0 Å². The number of alkyl halides is 3. The summed E-state index contributed by atoms with van der Waals surface area (Å²) >= 11 is 16.6. The first-order chi connectivity index (χ1) is 4.71. The smallest absolute Gasteiger partial charge is 0.0790 e. The van der Waals surface area contributed by atoms with E-state index in [0.717, 1.165) is 0 Å². The Morgan fingerprint density at radius 1 is 1.00 bits per heavy atom. The van der Waals surface area contributed by atoms with Gasteiger partial charge in [0.15, 0.2) is 0 Å². The highest BCUT2D eigenvalue weighted by atomic mass is 35.6. The van der Waals surface area contributed by atoms with Crippen LogP contribution >= 0.6 is 34.8 Å². The minimum Gasteiger partial charge on any atom is -0.0790 e. The van der Waals surface area contributed by atoms with Crippen molar-refractivity contribution >= 4 is 54.9 Å². The molecule has 64 valence electrons. The number of rotatable bonds is 0. The lowest BCUT2D eigenvalue weighted by atomic mass is 10.0. The molecule has 0 fully saturated rings. The summed E-state index contributed by atoms with van der Waals surface area (Å²) in [6.07, 6.45) is 0. The molecule has 0 aliphatic heterocycles. The number of hydrogen-bond acceptors (Lipinski definition) is 0. The first-order valence-electron chi connectivity index (χ1n) is 3.22. The van der Waals surface area contributed by atoms with E-state index in [1.54, 1.807) is 5.67 Å². The largest absolute Gasteiger partial charge is 0.211 e. The van der Waals surface area contributed by atoms with E-state index >= 15 is 0 Å². The van der Waals surface area contributed by atoms with Gasteiger partial charge < -0.3 is 0 Å². The molecule has 0 saturated carbocycles. The summed E-state index contributed by atoms with van der Waals surface area (Å²) in [5.74, 6) is 0. The molecule has 0 N–H and O–H groups in total. The van der Waals surface area contributed by atoms with Gasteiger partial charge >= 0.3 is 0 Å². The van der Waals surface area contributed by atoms with Crippen molar-refractivity contribution in [2.24, 2.45) is 5.41 Å². The second-order valence-corrected chi connectivity index (χ2v) is 6.64. The molecule has 0 heterocycles. The number of halogens is 3. The van der Waals surface area contributed by atoms with Gasteiger partial charge in [-0.25, -0.2) is 0 Å². The van der Waals surface area contributed by atoms with Crippen LogP contribution in [0.4, 0.5) is 0 Å². The predicted octanol–water partition coefficient (Wildman–Crippen LogP) is 2.71. The van der Waals surface area contributed by atoms with E-state index in [1.165, 1.54) is 0 Å². The summed E-state index contributed by atoms with van der Waals surface area (Å²) < 4.78 is -1.21. The Bertz CT molecular complexity index is 161. The van der Waals surface area contributed by atoms with E-state index in [0.29, 0.717) is 8.74 Å². The third kappa shape index (κ3) is 10.8. The Labute approximate surface area is 84.9 Å². The van der Waals surface area contributed by atoms with Gasteiger partial charge in [-0.3, -0.25) is 0 Å². The fraction of sp³-hybridized carbons (Fsp3) is 0.714. The third-order valence-corrected chi connectivity index (χ3v) is 3.27. The second kappa shape index (κ2) is 4.17. The molecular weight excluding hydrogens is 219 g/mol. The molecule has 0 aliphatic rings. The summed E-state index contributed by atoms with van der Waals surface area (Å²) in [7, 11) is 0.489. The van der Waals surface area contributed by atoms with Gasteiger partial charge in [-0.15, -0.1) is 0 Å². The van der Waals surface area contributed by atoms with Crippen molar-refractivity contribution in [1.82, 2.24) is 0 Å². The molecule has 0 aromatic rings. The molecular formula is C7H11Cl3Si. The van der Waals surface area contributed by atoms with Crippen LogP contribution in [0.15, 0.2) is 0 Å². The maximum absolute atomic E-state index is 5.52. The molecule has 0 nitrogen and oxygen atoms in total. The maximum Gasteiger partial charge on any atom is 0.211 e. The Morgan fingerprint density at radius 3 is 1.73 bits per heavy atom. The normalized spacial score (nSPS) is 12.2. The van der Waals surface area contributed by atoms with Crippen LogP contribution < -0.4 is 0 Å². The third-order valence-electron chi connectivity index (χ3n) is 0.763. The van der Waals surface area contributed by atoms with Crippen LogP contribution in [0.5, 0.6) is 0 Å². The second-order valence-electron chi connectivity index (χ2n) is 3.36. The highest BCUT2D eigenvalue weighted by molar-refractivity contribution is 6.81. The zero-order valence-corrected chi connectivity index (χ0v) is 10.1. The van der Waals surface area contributed by atoms with Gasteiger partial charge in [0.05, 0.1) is 0 Å². The molecule has 0 bridgehead atoms. The standard InChI is InChI=1S/C7H11Cl3Si/c1-6(2,3)4-11-5-7(8,9)10/h4-5H,1-3H3. The average Bonchev–Trinajstić information content (AvgIpc) is 1.55. The summed E-state index contributed by atoms with van der Waals surface area (Å²) in [6.45, 7) is 6.35. The monoisotopic (exact) mass is 228 g/mol. The average molecular weight is 230 g/mol. The fourth-order valence-electron chi connectivity index (χ4n) is 0.386. The van der Waals surface area contributed by atoms with E-state index in [2.05, 4.69) is 26.4 Å². The molecule has 0 aromatic heterocycles. The van der Waals surface area contributed by atoms with Crippen LogP contribution in [0.25, 0.3) is 0 Å². The van der Waals surface area contributed by atoms with Crippen LogP contribution in [0.2, 0.25) is 0 Å². The number of hydrogen-bond donors (Lipinski definition) is 0. The van der Waals surface area contributed by atoms with E-state index in [-0.39, 0.29) is 5.41 Å². The Kier molecular flexibility index (Phi) is 4.49. The Balaban J connectivity index is 4.25. The zero-order chi connectivity index (χ0) is 9.12. The van der Waals surface area contributed by atoms with Crippen LogP contribution in [0, 0.1) is 5.41 Å². The molecule has 0 amide bonds. The Hall–Kier alpha value is 0.827. The van der Waals surface area contributed by atoms with Gasteiger partial charge in [0.2, 0.25) is 3.79 Å². The lowest BCUT2D eigenvalue weighted by molar-refractivity contribution is 0.614. The Morgan fingerprint density at radius 2 is 1.45 bits per heavy atom. The molecule has 0 unspecified atom stereocenters. The van der Waals surface area contributed by atoms with Gasteiger partial charge in [-0.2, -0.15) is 0 Å². The van der Waals surface area contributed by atoms with Gasteiger partial charge in [-0.05, 0) is 19.8 Å². The maximum atomic E-state index is 5.52. The molecule has 4 heteroatoms. The topological polar surface area (TPSA) is 0 Å². The van der Waals surface area contributed by atoms with Crippen molar-refractivity contribution in [3.05, 3.63) is 0 Å². The first kappa shape index (κ1) is 11.8. The van der Waals surface area contributed by atoms with E-state index < -0.39 is 3.79 Å². The molecule has 0 saturated heterocycles. The molecule has 11 heavy (non-hydrogen) atoms. The molecule has 0 atom stereocenters. The summed E-state index contributed by atoms with van der Waals surface area (Å²) in [5, 5.41) is 0. The van der Waals surface area contributed by atoms with Crippen molar-refractivity contribution in [1.29, 1.82) is 0 Å². The van der Waals surface area contributed by atoms with Crippen LogP contribution in [-0.4, -0.2) is 23.9 Å². The lowest BCUT2D eigenvalue weighted by Crippen LogP contribution is -2.11. The van der Waals surface area contributed by atoms with Crippen molar-refractivity contribution in [2.75, 3.05) is 0 Å². The predicted molar refractivity (Wildman–Crippen MR) is 57.6 cm³/mol. The molecule has 0 aliphatic carbocycles. The summed E-state index contributed by atoms with van der Waals surface area (Å²) in [6, 6.07) is 0. The van der Waals surface area contributed by atoms with Gasteiger partial charge in [0.25, 0.3) is 0 Å². The molecule has 0 spiro atoms. The van der Waals surface area contributed by atoms with E-state index in [9.17, 15) is 0 Å². The first-order valence-corrected chi connectivity index (χ1v) is 5.51. The fourth-order valence-corrected chi connectivity index (χ4v) is 1.73. The molecule has 0 radical (unpaired) electrons. The minimum atomic E-state index is -1.21. The van der Waals surface area contributed by atoms with Gasteiger partial charge in [0, 0.05) is 0 Å². The summed E-state index contributed by atoms with van der Waals surface area (Å²) in [4.78, 5) is 0. The SMILES string of the molecule is CC(C)(C)C=[Si]=CC(Cl)(Cl)Cl. The lowest BCUT2D eigenvalue weighted by Gasteiger charge is -2.09. The van der Waals surface area contributed by atoms with Gasteiger partial charge in [0.1, 0.15) is 0 Å².